The van der Waals surface area contributed by atoms with Gasteiger partial charge in [0.05, 0.1) is 10.8 Å². The third-order valence-electron chi connectivity index (χ3n) is 5.94. The van der Waals surface area contributed by atoms with Gasteiger partial charge in [-0.3, -0.25) is 4.79 Å². The van der Waals surface area contributed by atoms with Crippen LogP contribution in [-0.2, 0) is 9.36 Å². The summed E-state index contributed by atoms with van der Waals surface area (Å²) in [5.41, 5.74) is -0.749. The fraction of sp³-hybridized carbons (Fsp3) is 0.588. The fourth-order valence-corrected chi connectivity index (χ4v) is 7.28. The van der Waals surface area contributed by atoms with E-state index in [-0.39, 0.29) is 10.8 Å². The molecule has 0 atom stereocenters. The Morgan fingerprint density at radius 2 is 1.48 bits per heavy atom. The second kappa shape index (κ2) is 4.92. The number of nitrogens with zero attached hydrogens (tertiary/aromatic N) is 2. The SMILES string of the molecule is CCC12CN3CC(CC)(CN(C1)P3(=O)Oc1ccccc1)C2=O. The fourth-order valence-electron chi connectivity index (χ4n) is 4.50. The molecule has 0 aromatic heterocycles. The first-order valence-electron chi connectivity index (χ1n) is 8.38. The van der Waals surface area contributed by atoms with E-state index in [1.165, 1.54) is 0 Å². The standard InChI is InChI=1S/C17H23N2O3P/c1-3-16-10-18-12-17(4-2,15(16)20)13-19(11-16)23(18,21)22-14-8-6-5-7-9-14/h5-9H,3-4,10-13H2,1-2H3. The first-order valence-corrected chi connectivity index (χ1v) is 9.91. The molecule has 4 saturated heterocycles. The van der Waals surface area contributed by atoms with Crippen LogP contribution in [-0.4, -0.2) is 41.3 Å². The summed E-state index contributed by atoms with van der Waals surface area (Å²) >= 11 is 0. The van der Waals surface area contributed by atoms with E-state index in [1.807, 2.05) is 39.7 Å². The van der Waals surface area contributed by atoms with Gasteiger partial charge in [0.2, 0.25) is 0 Å². The van der Waals surface area contributed by atoms with Crippen molar-refractivity contribution in [2.24, 2.45) is 10.8 Å². The van der Waals surface area contributed by atoms with Crippen molar-refractivity contribution in [3.8, 4) is 5.75 Å². The smallest absolute Gasteiger partial charge is 0.395 e. The molecule has 4 fully saturated rings. The van der Waals surface area contributed by atoms with Crippen LogP contribution in [0.1, 0.15) is 26.7 Å². The number of carbonyl (C=O) groups is 1. The number of hydrogen-bond acceptors (Lipinski definition) is 3. The quantitative estimate of drug-likeness (QED) is 0.792. The van der Waals surface area contributed by atoms with Gasteiger partial charge >= 0.3 is 7.67 Å². The van der Waals surface area contributed by atoms with Crippen LogP contribution in [0.5, 0.6) is 5.75 Å². The Labute approximate surface area is 137 Å². The molecule has 4 aliphatic heterocycles. The van der Waals surface area contributed by atoms with Crippen LogP contribution < -0.4 is 4.52 Å². The highest BCUT2D eigenvalue weighted by molar-refractivity contribution is 7.54. The minimum Gasteiger partial charge on any atom is -0.422 e. The molecule has 124 valence electrons. The predicted octanol–water partition coefficient (Wildman–Crippen LogP) is 3.18. The van der Waals surface area contributed by atoms with Gasteiger partial charge in [0.25, 0.3) is 0 Å². The average molecular weight is 334 g/mol. The highest BCUT2D eigenvalue weighted by atomic mass is 31.2. The lowest BCUT2D eigenvalue weighted by Gasteiger charge is -2.64. The van der Waals surface area contributed by atoms with Crippen LogP contribution in [0, 0.1) is 10.8 Å². The molecule has 0 radical (unpaired) electrons. The van der Waals surface area contributed by atoms with E-state index < -0.39 is 7.67 Å². The molecule has 0 aliphatic carbocycles. The number of carbonyl (C=O) groups excluding carboxylic acids is 1. The van der Waals surface area contributed by atoms with Crippen LogP contribution in [0.25, 0.3) is 0 Å². The van der Waals surface area contributed by atoms with E-state index in [1.54, 1.807) is 0 Å². The van der Waals surface area contributed by atoms with Gasteiger partial charge in [-0.25, -0.2) is 13.9 Å². The molecule has 0 unspecified atom stereocenters. The van der Waals surface area contributed by atoms with E-state index in [4.69, 9.17) is 4.52 Å². The normalized spacial score (nSPS) is 44.5. The summed E-state index contributed by atoms with van der Waals surface area (Å²) in [5, 5.41) is 0. The Bertz CT molecular complexity index is 644. The lowest BCUT2D eigenvalue weighted by atomic mass is 9.61. The van der Waals surface area contributed by atoms with Crippen molar-refractivity contribution in [3.05, 3.63) is 30.3 Å². The minimum atomic E-state index is -3.08. The van der Waals surface area contributed by atoms with Crippen LogP contribution >= 0.6 is 7.67 Å². The molecule has 5 rings (SSSR count). The number of Topliss-reactive ketones (excluding diaryl/α,β-unsaturated/α-hetero) is 1. The zero-order valence-corrected chi connectivity index (χ0v) is 14.6. The van der Waals surface area contributed by atoms with Crippen molar-refractivity contribution in [1.29, 1.82) is 0 Å². The average Bonchev–Trinajstić information content (AvgIpc) is 2.55. The minimum absolute atomic E-state index is 0.375. The molecule has 23 heavy (non-hydrogen) atoms. The molecule has 6 heteroatoms. The summed E-state index contributed by atoms with van der Waals surface area (Å²) in [5.74, 6) is 1.01. The molecule has 1 aromatic carbocycles. The summed E-state index contributed by atoms with van der Waals surface area (Å²) < 4.78 is 23.6. The Hall–Kier alpha value is -1.16. The van der Waals surface area contributed by atoms with Gasteiger partial charge in [-0.1, -0.05) is 32.0 Å². The third kappa shape index (κ3) is 1.93. The zero-order chi connectivity index (χ0) is 16.3. The number of piperidine rings is 2. The topological polar surface area (TPSA) is 49.9 Å². The van der Waals surface area contributed by atoms with Crippen molar-refractivity contribution >= 4 is 13.5 Å². The maximum Gasteiger partial charge on any atom is 0.395 e. The Morgan fingerprint density at radius 3 is 1.91 bits per heavy atom. The second-order valence-electron chi connectivity index (χ2n) is 7.14. The van der Waals surface area contributed by atoms with Crippen LogP contribution in [0.15, 0.2) is 30.3 Å². The summed E-state index contributed by atoms with van der Waals surface area (Å²) in [6.45, 7) is 6.38. The second-order valence-corrected chi connectivity index (χ2v) is 9.43. The van der Waals surface area contributed by atoms with Crippen molar-refractivity contribution in [2.75, 3.05) is 26.2 Å². The maximum absolute atomic E-state index is 13.7. The number of para-hydroxylation sites is 1. The molecule has 0 N–H and O–H groups in total. The first kappa shape index (κ1) is 15.4. The van der Waals surface area contributed by atoms with Crippen molar-refractivity contribution < 1.29 is 13.9 Å². The molecular formula is C17H23N2O3P. The molecule has 4 aliphatic rings. The zero-order valence-electron chi connectivity index (χ0n) is 13.7. The largest absolute Gasteiger partial charge is 0.422 e. The van der Waals surface area contributed by atoms with Gasteiger partial charge in [-0.2, -0.15) is 0 Å². The number of ketones is 1. The van der Waals surface area contributed by atoms with Crippen LogP contribution in [0.2, 0.25) is 0 Å². The molecule has 0 amide bonds. The van der Waals surface area contributed by atoms with Crippen molar-refractivity contribution in [1.82, 2.24) is 9.34 Å². The first-order chi connectivity index (χ1) is 11.0. The lowest BCUT2D eigenvalue weighted by Crippen LogP contribution is -2.73. The Kier molecular flexibility index (Phi) is 3.29. The highest BCUT2D eigenvalue weighted by Crippen LogP contribution is 2.68. The van der Waals surface area contributed by atoms with Gasteiger partial charge in [-0.05, 0) is 25.0 Å². The predicted molar refractivity (Wildman–Crippen MR) is 88.3 cm³/mol. The summed E-state index contributed by atoms with van der Waals surface area (Å²) in [4.78, 5) is 13.1. The molecule has 5 nitrogen and oxygen atoms in total. The Morgan fingerprint density at radius 1 is 1.00 bits per heavy atom. The van der Waals surface area contributed by atoms with E-state index >= 15 is 0 Å². The molecule has 4 heterocycles. The highest BCUT2D eigenvalue weighted by Gasteiger charge is 2.69. The number of rotatable bonds is 4. The summed E-state index contributed by atoms with van der Waals surface area (Å²) in [6.07, 6.45) is 1.60. The molecule has 1 aromatic rings. The number of hydrogen-bond donors (Lipinski definition) is 0. The molecule has 0 saturated carbocycles. The third-order valence-corrected chi connectivity index (χ3v) is 8.38. The van der Waals surface area contributed by atoms with E-state index in [2.05, 4.69) is 13.8 Å². The van der Waals surface area contributed by atoms with Gasteiger partial charge < -0.3 is 4.52 Å². The number of benzene rings is 1. The summed E-state index contributed by atoms with van der Waals surface area (Å²) in [7, 11) is -3.08. The van der Waals surface area contributed by atoms with E-state index in [0.29, 0.717) is 37.7 Å². The van der Waals surface area contributed by atoms with Gasteiger partial charge in [0.15, 0.2) is 0 Å². The van der Waals surface area contributed by atoms with Crippen molar-refractivity contribution in [3.63, 3.8) is 0 Å². The van der Waals surface area contributed by atoms with E-state index in [9.17, 15) is 9.36 Å². The molecule has 0 spiro atoms. The molecule has 4 bridgehead atoms. The van der Waals surface area contributed by atoms with E-state index in [0.717, 1.165) is 12.8 Å². The van der Waals surface area contributed by atoms with Gasteiger partial charge in [0, 0.05) is 26.2 Å². The van der Waals surface area contributed by atoms with Crippen LogP contribution in [0.4, 0.5) is 0 Å². The maximum atomic E-state index is 13.7. The lowest BCUT2D eigenvalue weighted by molar-refractivity contribution is -0.160. The van der Waals surface area contributed by atoms with Gasteiger partial charge in [-0.15, -0.1) is 0 Å². The van der Waals surface area contributed by atoms with Gasteiger partial charge in [0.1, 0.15) is 11.5 Å². The summed E-state index contributed by atoms with van der Waals surface area (Å²) in [6, 6.07) is 9.35. The monoisotopic (exact) mass is 334 g/mol. The Balaban J connectivity index is 1.73. The molecular weight excluding hydrogens is 311 g/mol. The van der Waals surface area contributed by atoms with Crippen LogP contribution in [0.3, 0.4) is 0 Å². The van der Waals surface area contributed by atoms with Crippen molar-refractivity contribution in [2.45, 2.75) is 26.7 Å².